The van der Waals surface area contributed by atoms with E-state index in [0.717, 1.165) is 12.1 Å². The smallest absolute Gasteiger partial charge is 0.257 e. The Bertz CT molecular complexity index is 402. The molecule has 18 heavy (non-hydrogen) atoms. The predicted octanol–water partition coefficient (Wildman–Crippen LogP) is 2.21. The van der Waals surface area contributed by atoms with Crippen LogP contribution < -0.4 is 11.1 Å². The summed E-state index contributed by atoms with van der Waals surface area (Å²) in [5, 5.41) is 2.63. The molecule has 0 aromatic heterocycles. The van der Waals surface area contributed by atoms with Gasteiger partial charge in [-0.2, -0.15) is 0 Å². The van der Waals surface area contributed by atoms with Crippen LogP contribution in [-0.2, 0) is 0 Å². The molecule has 0 unspecified atom stereocenters. The summed E-state index contributed by atoms with van der Waals surface area (Å²) < 4.78 is 26.9. The second kappa shape index (κ2) is 5.91. The number of benzene rings is 1. The van der Waals surface area contributed by atoms with Crippen LogP contribution in [-0.4, -0.2) is 18.0 Å². The van der Waals surface area contributed by atoms with Crippen molar-refractivity contribution in [2.45, 2.75) is 32.2 Å². The lowest BCUT2D eigenvalue weighted by Crippen LogP contribution is -2.53. The minimum atomic E-state index is -0.870. The van der Waals surface area contributed by atoms with Gasteiger partial charge in [-0.05, 0) is 25.0 Å². The normalized spacial score (nSPS) is 11.4. The minimum absolute atomic E-state index is 0.224. The molecule has 1 rings (SSSR count). The molecule has 0 saturated carbocycles. The number of carbonyl (C=O) groups excluding carboxylic acids is 1. The number of carbonyl (C=O) groups is 1. The molecule has 0 bridgehead atoms. The van der Waals surface area contributed by atoms with E-state index in [0.29, 0.717) is 12.8 Å². The highest BCUT2D eigenvalue weighted by molar-refractivity contribution is 5.95. The molecule has 0 radical (unpaired) electrons. The van der Waals surface area contributed by atoms with Crippen LogP contribution in [0.15, 0.2) is 18.2 Å². The molecule has 0 spiro atoms. The molecule has 3 nitrogen and oxygen atoms in total. The molecular formula is C13H18F2N2O. The number of halogens is 2. The van der Waals surface area contributed by atoms with Crippen LogP contribution >= 0.6 is 0 Å². The molecule has 1 aromatic rings. The summed E-state index contributed by atoms with van der Waals surface area (Å²) in [6.07, 6.45) is 1.20. The van der Waals surface area contributed by atoms with Gasteiger partial charge in [0.25, 0.3) is 5.91 Å². The Kier molecular flexibility index (Phi) is 4.78. The van der Waals surface area contributed by atoms with Crippen LogP contribution in [0.1, 0.15) is 37.0 Å². The number of nitrogens with one attached hydrogen (secondary N) is 1. The zero-order valence-electron chi connectivity index (χ0n) is 10.6. The van der Waals surface area contributed by atoms with E-state index in [2.05, 4.69) is 5.32 Å². The topological polar surface area (TPSA) is 55.1 Å². The van der Waals surface area contributed by atoms with Gasteiger partial charge in [0, 0.05) is 6.54 Å². The fourth-order valence-electron chi connectivity index (χ4n) is 1.78. The lowest BCUT2D eigenvalue weighted by Gasteiger charge is -2.31. The second-order valence-corrected chi connectivity index (χ2v) is 4.24. The molecule has 0 fully saturated rings. The molecule has 1 amide bonds. The third-order valence-electron chi connectivity index (χ3n) is 3.31. The second-order valence-electron chi connectivity index (χ2n) is 4.24. The van der Waals surface area contributed by atoms with Gasteiger partial charge in [-0.3, -0.25) is 4.79 Å². The molecule has 0 aliphatic heterocycles. The van der Waals surface area contributed by atoms with Crippen molar-refractivity contribution in [3.63, 3.8) is 0 Å². The molecule has 0 heterocycles. The SMILES string of the molecule is CCC(CC)(CN)NC(=O)c1c(F)cccc1F. The van der Waals surface area contributed by atoms with Gasteiger partial charge in [0.05, 0.1) is 5.54 Å². The van der Waals surface area contributed by atoms with E-state index in [1.54, 1.807) is 0 Å². The monoisotopic (exact) mass is 256 g/mol. The summed E-state index contributed by atoms with van der Waals surface area (Å²) in [5.41, 5.74) is 4.45. The average Bonchev–Trinajstić information content (AvgIpc) is 2.36. The number of hydrogen-bond acceptors (Lipinski definition) is 2. The summed E-state index contributed by atoms with van der Waals surface area (Å²) in [5.74, 6) is -2.50. The third-order valence-corrected chi connectivity index (χ3v) is 3.31. The maximum atomic E-state index is 13.5. The van der Waals surface area contributed by atoms with E-state index in [1.165, 1.54) is 6.07 Å². The molecule has 1 aromatic carbocycles. The Labute approximate surface area is 105 Å². The van der Waals surface area contributed by atoms with Crippen molar-refractivity contribution in [2.24, 2.45) is 5.73 Å². The zero-order valence-corrected chi connectivity index (χ0v) is 10.6. The van der Waals surface area contributed by atoms with Crippen LogP contribution in [0, 0.1) is 11.6 Å². The molecule has 5 heteroatoms. The summed E-state index contributed by atoms with van der Waals surface area (Å²) in [4.78, 5) is 11.9. The van der Waals surface area contributed by atoms with Crippen molar-refractivity contribution in [1.29, 1.82) is 0 Å². The maximum Gasteiger partial charge on any atom is 0.257 e. The number of hydrogen-bond donors (Lipinski definition) is 2. The van der Waals surface area contributed by atoms with Gasteiger partial charge in [0.15, 0.2) is 0 Å². The maximum absolute atomic E-state index is 13.5. The predicted molar refractivity (Wildman–Crippen MR) is 66.2 cm³/mol. The number of nitrogens with two attached hydrogens (primary N) is 1. The van der Waals surface area contributed by atoms with Gasteiger partial charge in [0.2, 0.25) is 0 Å². The van der Waals surface area contributed by atoms with Crippen molar-refractivity contribution in [1.82, 2.24) is 5.32 Å². The Morgan fingerprint density at radius 3 is 2.17 bits per heavy atom. The van der Waals surface area contributed by atoms with Crippen molar-refractivity contribution in [3.05, 3.63) is 35.4 Å². The fraction of sp³-hybridized carbons (Fsp3) is 0.462. The molecule has 3 N–H and O–H groups in total. The summed E-state index contributed by atoms with van der Waals surface area (Å²) >= 11 is 0. The Balaban J connectivity index is 3.02. The van der Waals surface area contributed by atoms with E-state index in [1.807, 2.05) is 13.8 Å². The molecule has 0 saturated heterocycles. The minimum Gasteiger partial charge on any atom is -0.345 e. The Morgan fingerprint density at radius 1 is 1.28 bits per heavy atom. The van der Waals surface area contributed by atoms with Gasteiger partial charge < -0.3 is 11.1 Å². The van der Waals surface area contributed by atoms with E-state index < -0.39 is 28.6 Å². The van der Waals surface area contributed by atoms with Gasteiger partial charge in [0.1, 0.15) is 17.2 Å². The number of amides is 1. The standard InChI is InChI=1S/C13H18F2N2O/c1-3-13(4-2,8-16)17-12(18)11-9(14)6-5-7-10(11)15/h5-7H,3-4,8,16H2,1-2H3,(H,17,18). The lowest BCUT2D eigenvalue weighted by molar-refractivity contribution is 0.0886. The van der Waals surface area contributed by atoms with Crippen molar-refractivity contribution >= 4 is 5.91 Å². The first kappa shape index (κ1) is 14.6. The van der Waals surface area contributed by atoms with Crippen LogP contribution in [0.25, 0.3) is 0 Å². The number of rotatable bonds is 5. The largest absolute Gasteiger partial charge is 0.345 e. The van der Waals surface area contributed by atoms with Crippen LogP contribution in [0.4, 0.5) is 8.78 Å². The highest BCUT2D eigenvalue weighted by Crippen LogP contribution is 2.17. The van der Waals surface area contributed by atoms with Gasteiger partial charge in [-0.1, -0.05) is 19.9 Å². The molecule has 100 valence electrons. The highest BCUT2D eigenvalue weighted by atomic mass is 19.1. The van der Waals surface area contributed by atoms with Crippen LogP contribution in [0.5, 0.6) is 0 Å². The van der Waals surface area contributed by atoms with E-state index in [9.17, 15) is 13.6 Å². The van der Waals surface area contributed by atoms with Crippen molar-refractivity contribution < 1.29 is 13.6 Å². The lowest BCUT2D eigenvalue weighted by atomic mass is 9.92. The summed E-state index contributed by atoms with van der Waals surface area (Å²) in [6, 6.07) is 3.33. The highest BCUT2D eigenvalue weighted by Gasteiger charge is 2.29. The summed E-state index contributed by atoms with van der Waals surface area (Å²) in [7, 11) is 0. The van der Waals surface area contributed by atoms with E-state index in [4.69, 9.17) is 5.73 Å². The quantitative estimate of drug-likeness (QED) is 0.848. The Morgan fingerprint density at radius 2 is 1.78 bits per heavy atom. The van der Waals surface area contributed by atoms with Crippen LogP contribution in [0.2, 0.25) is 0 Å². The molecular weight excluding hydrogens is 238 g/mol. The first-order valence-corrected chi connectivity index (χ1v) is 5.96. The van der Waals surface area contributed by atoms with Gasteiger partial charge in [-0.15, -0.1) is 0 Å². The summed E-state index contributed by atoms with van der Waals surface area (Å²) in [6.45, 7) is 3.96. The zero-order chi connectivity index (χ0) is 13.8. The fourth-order valence-corrected chi connectivity index (χ4v) is 1.78. The first-order valence-electron chi connectivity index (χ1n) is 5.96. The first-order chi connectivity index (χ1) is 8.49. The third kappa shape index (κ3) is 2.85. The van der Waals surface area contributed by atoms with Crippen molar-refractivity contribution in [3.8, 4) is 0 Å². The van der Waals surface area contributed by atoms with E-state index in [-0.39, 0.29) is 6.54 Å². The van der Waals surface area contributed by atoms with Gasteiger partial charge in [-0.25, -0.2) is 8.78 Å². The Hall–Kier alpha value is -1.49. The molecule has 0 atom stereocenters. The average molecular weight is 256 g/mol. The van der Waals surface area contributed by atoms with Gasteiger partial charge >= 0.3 is 0 Å². The molecule has 0 aliphatic rings. The molecule has 0 aliphatic carbocycles. The van der Waals surface area contributed by atoms with Crippen molar-refractivity contribution in [2.75, 3.05) is 6.54 Å². The van der Waals surface area contributed by atoms with Crippen LogP contribution in [0.3, 0.4) is 0 Å². The van der Waals surface area contributed by atoms with E-state index >= 15 is 0 Å².